The highest BCUT2D eigenvalue weighted by Gasteiger charge is 2.12. The third-order valence-corrected chi connectivity index (χ3v) is 5.23. The van der Waals surface area contributed by atoms with Gasteiger partial charge < -0.3 is 15.1 Å². The Bertz CT molecular complexity index is 874. The second-order valence-corrected chi connectivity index (χ2v) is 7.82. The SMILES string of the molecule is CCNc1ccc([C-](c2ccc(N(C)C)cc2)c2ccc(N(C)C)cc2)cc1C. The monoisotopic (exact) mass is 386 g/mol. The van der Waals surface area contributed by atoms with Gasteiger partial charge in [0.1, 0.15) is 0 Å². The van der Waals surface area contributed by atoms with Crippen LogP contribution in [0.3, 0.4) is 0 Å². The van der Waals surface area contributed by atoms with Gasteiger partial charge in [0.2, 0.25) is 0 Å². The number of nitrogens with zero attached hydrogens (tertiary/aromatic N) is 2. The molecule has 0 unspecified atom stereocenters. The Balaban J connectivity index is 2.07. The van der Waals surface area contributed by atoms with E-state index in [4.69, 9.17) is 0 Å². The molecule has 0 aliphatic carbocycles. The van der Waals surface area contributed by atoms with E-state index in [9.17, 15) is 0 Å². The van der Waals surface area contributed by atoms with Gasteiger partial charge in [0.05, 0.1) is 0 Å². The molecule has 0 aromatic heterocycles. The van der Waals surface area contributed by atoms with Crippen LogP contribution in [0.2, 0.25) is 0 Å². The van der Waals surface area contributed by atoms with Crippen molar-refractivity contribution in [3.05, 3.63) is 94.9 Å². The first-order chi connectivity index (χ1) is 13.9. The van der Waals surface area contributed by atoms with E-state index in [2.05, 4.69) is 124 Å². The third kappa shape index (κ3) is 4.68. The maximum Gasteiger partial charge on any atom is 0.0261 e. The molecule has 0 fully saturated rings. The molecule has 152 valence electrons. The van der Waals surface area contributed by atoms with Crippen LogP contribution in [0.5, 0.6) is 0 Å². The van der Waals surface area contributed by atoms with E-state index in [1.807, 2.05) is 0 Å². The topological polar surface area (TPSA) is 18.5 Å². The second-order valence-electron chi connectivity index (χ2n) is 7.82. The Morgan fingerprint density at radius 1 is 0.690 bits per heavy atom. The van der Waals surface area contributed by atoms with Gasteiger partial charge in [-0.15, -0.1) is 0 Å². The van der Waals surface area contributed by atoms with E-state index in [1.165, 1.54) is 45.2 Å². The van der Waals surface area contributed by atoms with Crippen molar-refractivity contribution in [3.8, 4) is 0 Å². The molecule has 0 radical (unpaired) electrons. The summed E-state index contributed by atoms with van der Waals surface area (Å²) in [7, 11) is 8.29. The smallest absolute Gasteiger partial charge is 0.0261 e. The fraction of sp³-hybridized carbons (Fsp3) is 0.269. The van der Waals surface area contributed by atoms with Gasteiger partial charge >= 0.3 is 0 Å². The summed E-state index contributed by atoms with van der Waals surface area (Å²) in [6.45, 7) is 5.22. The van der Waals surface area contributed by atoms with Crippen LogP contribution in [-0.4, -0.2) is 34.7 Å². The van der Waals surface area contributed by atoms with Gasteiger partial charge in [0, 0.05) is 51.8 Å². The van der Waals surface area contributed by atoms with E-state index in [-0.39, 0.29) is 0 Å². The first-order valence-electron chi connectivity index (χ1n) is 10.2. The van der Waals surface area contributed by atoms with Crippen LogP contribution in [0, 0.1) is 12.8 Å². The molecule has 3 aromatic rings. The van der Waals surface area contributed by atoms with Crippen LogP contribution >= 0.6 is 0 Å². The molecule has 3 rings (SSSR count). The van der Waals surface area contributed by atoms with Crippen LogP contribution in [0.1, 0.15) is 29.2 Å². The molecule has 0 aliphatic rings. The van der Waals surface area contributed by atoms with Crippen LogP contribution in [-0.2, 0) is 0 Å². The molecule has 0 heterocycles. The summed E-state index contributed by atoms with van der Waals surface area (Å²) >= 11 is 0. The minimum atomic E-state index is 0.925. The van der Waals surface area contributed by atoms with E-state index in [0.717, 1.165) is 6.54 Å². The lowest BCUT2D eigenvalue weighted by atomic mass is 9.84. The number of aryl methyl sites for hydroxylation is 1. The minimum Gasteiger partial charge on any atom is -0.386 e. The highest BCUT2D eigenvalue weighted by atomic mass is 15.1. The molecule has 0 bridgehead atoms. The fourth-order valence-electron chi connectivity index (χ4n) is 3.56. The van der Waals surface area contributed by atoms with Crippen molar-refractivity contribution in [2.75, 3.05) is 49.9 Å². The summed E-state index contributed by atoms with van der Waals surface area (Å²) < 4.78 is 0. The summed E-state index contributed by atoms with van der Waals surface area (Å²) in [5.74, 6) is 1.26. The zero-order valence-electron chi connectivity index (χ0n) is 18.5. The molecule has 3 aromatic carbocycles. The molecule has 0 spiro atoms. The van der Waals surface area contributed by atoms with Gasteiger partial charge in [-0.05, 0) is 13.8 Å². The maximum atomic E-state index is 3.44. The molecule has 3 heteroatoms. The van der Waals surface area contributed by atoms with Crippen molar-refractivity contribution >= 4 is 17.1 Å². The molecule has 0 aliphatic heterocycles. The molecule has 3 nitrogen and oxygen atoms in total. The molecule has 0 atom stereocenters. The van der Waals surface area contributed by atoms with Gasteiger partial charge in [-0.2, -0.15) is 0 Å². The number of rotatable bonds is 7. The number of benzene rings is 3. The van der Waals surface area contributed by atoms with Crippen molar-refractivity contribution in [1.29, 1.82) is 0 Å². The van der Waals surface area contributed by atoms with Gasteiger partial charge in [-0.3, -0.25) is 0 Å². The molecule has 0 saturated heterocycles. The zero-order chi connectivity index (χ0) is 21.0. The van der Waals surface area contributed by atoms with Crippen LogP contribution in [0.15, 0.2) is 66.7 Å². The van der Waals surface area contributed by atoms with Gasteiger partial charge in [-0.1, -0.05) is 94.9 Å². The first-order valence-corrected chi connectivity index (χ1v) is 10.2. The standard InChI is InChI=1S/C26H32N3/c1-7-27-25-17-12-22(18-19(25)2)26(20-8-13-23(14-9-20)28(3)4)21-10-15-24(16-11-21)29(5)6/h8-18,27H,7H2,1-6H3/q-1. The average Bonchev–Trinajstić information content (AvgIpc) is 2.71. The summed E-state index contributed by atoms with van der Waals surface area (Å²) in [4.78, 5) is 4.26. The molecule has 29 heavy (non-hydrogen) atoms. The fourth-order valence-corrected chi connectivity index (χ4v) is 3.56. The Kier molecular flexibility index (Phi) is 6.38. The first kappa shape index (κ1) is 20.7. The molecule has 0 saturated carbocycles. The highest BCUT2D eigenvalue weighted by molar-refractivity contribution is 5.64. The average molecular weight is 387 g/mol. The number of anilines is 3. The lowest BCUT2D eigenvalue weighted by Crippen LogP contribution is -2.11. The lowest BCUT2D eigenvalue weighted by Gasteiger charge is -2.28. The Labute approximate surface area is 176 Å². The normalized spacial score (nSPS) is 10.6. The summed E-state index contributed by atoms with van der Waals surface area (Å²) in [6.07, 6.45) is 0. The quantitative estimate of drug-likeness (QED) is 0.422. The summed E-state index contributed by atoms with van der Waals surface area (Å²) in [5.41, 5.74) is 8.55. The van der Waals surface area contributed by atoms with E-state index in [1.54, 1.807) is 0 Å². The number of hydrogen-bond acceptors (Lipinski definition) is 3. The largest absolute Gasteiger partial charge is 0.386 e. The Hall–Kier alpha value is -3.07. The zero-order valence-corrected chi connectivity index (χ0v) is 18.5. The third-order valence-electron chi connectivity index (χ3n) is 5.23. The highest BCUT2D eigenvalue weighted by Crippen LogP contribution is 2.34. The number of nitrogens with one attached hydrogen (secondary N) is 1. The van der Waals surface area contributed by atoms with Gasteiger partial charge in [0.25, 0.3) is 0 Å². The molecular formula is C26H32N3-. The van der Waals surface area contributed by atoms with Gasteiger partial charge in [-0.25, -0.2) is 0 Å². The van der Waals surface area contributed by atoms with Gasteiger partial charge in [0.15, 0.2) is 0 Å². The molecule has 1 N–H and O–H groups in total. The second kappa shape index (κ2) is 8.95. The van der Waals surface area contributed by atoms with Crippen LogP contribution in [0.4, 0.5) is 17.1 Å². The minimum absolute atomic E-state index is 0.925. The Morgan fingerprint density at radius 3 is 1.52 bits per heavy atom. The summed E-state index contributed by atoms with van der Waals surface area (Å²) in [5, 5.41) is 3.44. The van der Waals surface area contributed by atoms with Crippen molar-refractivity contribution < 1.29 is 0 Å². The molecular weight excluding hydrogens is 354 g/mol. The van der Waals surface area contributed by atoms with E-state index >= 15 is 0 Å². The molecule has 0 amide bonds. The van der Waals surface area contributed by atoms with Crippen LogP contribution < -0.4 is 15.1 Å². The van der Waals surface area contributed by atoms with Crippen molar-refractivity contribution in [2.24, 2.45) is 0 Å². The predicted octanol–water partition coefficient (Wildman–Crippen LogP) is 5.58. The number of hydrogen-bond donors (Lipinski definition) is 1. The summed E-state index contributed by atoms with van der Waals surface area (Å²) in [6, 6.07) is 24.3. The maximum absolute atomic E-state index is 3.44. The lowest BCUT2D eigenvalue weighted by molar-refractivity contribution is 1.12. The Morgan fingerprint density at radius 2 is 1.14 bits per heavy atom. The van der Waals surface area contributed by atoms with Crippen molar-refractivity contribution in [1.82, 2.24) is 0 Å². The van der Waals surface area contributed by atoms with E-state index < -0.39 is 0 Å². The van der Waals surface area contributed by atoms with Crippen LogP contribution in [0.25, 0.3) is 0 Å². The van der Waals surface area contributed by atoms with Crippen molar-refractivity contribution in [3.63, 3.8) is 0 Å². The predicted molar refractivity (Wildman–Crippen MR) is 127 cm³/mol. The van der Waals surface area contributed by atoms with E-state index in [0.29, 0.717) is 0 Å². The van der Waals surface area contributed by atoms with Crippen molar-refractivity contribution in [2.45, 2.75) is 13.8 Å².